The van der Waals surface area contributed by atoms with Crippen LogP contribution >= 0.6 is 11.6 Å². The van der Waals surface area contributed by atoms with E-state index in [1.165, 1.54) is 11.3 Å². The number of carbonyl (C=O) groups is 1. The summed E-state index contributed by atoms with van der Waals surface area (Å²) in [6.07, 6.45) is 1.99. The SMILES string of the molecule is Cc1cccc(N2CCN(CCCCNC(=O)c3cc(-c4cccc(Cl)c4)on3)CC2)c1. The number of hydrogen-bond acceptors (Lipinski definition) is 5. The molecule has 1 aliphatic rings. The van der Waals surface area contributed by atoms with Crippen molar-refractivity contribution in [2.24, 2.45) is 0 Å². The lowest BCUT2D eigenvalue weighted by Gasteiger charge is -2.36. The van der Waals surface area contributed by atoms with Gasteiger partial charge in [0, 0.05) is 55.1 Å². The number of hydrogen-bond donors (Lipinski definition) is 1. The summed E-state index contributed by atoms with van der Waals surface area (Å²) in [5, 5.41) is 7.43. The minimum atomic E-state index is -0.214. The minimum absolute atomic E-state index is 0.214. The van der Waals surface area contributed by atoms with Crippen molar-refractivity contribution in [3.05, 3.63) is 70.9 Å². The first-order chi connectivity index (χ1) is 15.6. The van der Waals surface area contributed by atoms with Gasteiger partial charge in [-0.2, -0.15) is 0 Å². The zero-order valence-electron chi connectivity index (χ0n) is 18.4. The summed E-state index contributed by atoms with van der Waals surface area (Å²) in [7, 11) is 0. The predicted molar refractivity (Wildman–Crippen MR) is 128 cm³/mol. The maximum absolute atomic E-state index is 12.3. The molecule has 0 saturated carbocycles. The van der Waals surface area contributed by atoms with Crippen molar-refractivity contribution < 1.29 is 9.32 Å². The van der Waals surface area contributed by atoms with Crippen LogP contribution in [0.5, 0.6) is 0 Å². The van der Waals surface area contributed by atoms with Crippen LogP contribution in [-0.2, 0) is 0 Å². The van der Waals surface area contributed by atoms with Gasteiger partial charge in [-0.15, -0.1) is 0 Å². The zero-order chi connectivity index (χ0) is 22.3. The second kappa shape index (κ2) is 10.7. The Bertz CT molecular complexity index is 1040. The van der Waals surface area contributed by atoms with Crippen LogP contribution in [0.1, 0.15) is 28.9 Å². The Kier molecular flexibility index (Phi) is 7.45. The summed E-state index contributed by atoms with van der Waals surface area (Å²) in [6.45, 7) is 8.08. The highest BCUT2D eigenvalue weighted by molar-refractivity contribution is 6.30. The molecule has 1 saturated heterocycles. The molecular formula is C25H29ClN4O2. The van der Waals surface area contributed by atoms with Gasteiger partial charge in [0.25, 0.3) is 5.91 Å². The van der Waals surface area contributed by atoms with Crippen LogP contribution in [0.3, 0.4) is 0 Å². The van der Waals surface area contributed by atoms with E-state index in [0.717, 1.165) is 51.1 Å². The Morgan fingerprint density at radius 1 is 1.06 bits per heavy atom. The van der Waals surface area contributed by atoms with Gasteiger partial charge in [-0.25, -0.2) is 0 Å². The molecule has 2 aromatic carbocycles. The maximum Gasteiger partial charge on any atom is 0.273 e. The highest BCUT2D eigenvalue weighted by Crippen LogP contribution is 2.23. The van der Waals surface area contributed by atoms with E-state index in [-0.39, 0.29) is 11.6 Å². The molecule has 0 radical (unpaired) electrons. The van der Waals surface area contributed by atoms with E-state index in [1.807, 2.05) is 12.1 Å². The molecular weight excluding hydrogens is 424 g/mol. The summed E-state index contributed by atoms with van der Waals surface area (Å²) in [5.41, 5.74) is 3.70. The van der Waals surface area contributed by atoms with Crippen molar-refractivity contribution >= 4 is 23.2 Å². The van der Waals surface area contributed by atoms with Crippen LogP contribution in [0.15, 0.2) is 59.1 Å². The average molecular weight is 453 g/mol. The third-order valence-electron chi connectivity index (χ3n) is 5.78. The molecule has 2 heterocycles. The maximum atomic E-state index is 12.3. The van der Waals surface area contributed by atoms with E-state index in [2.05, 4.69) is 51.5 Å². The van der Waals surface area contributed by atoms with Gasteiger partial charge >= 0.3 is 0 Å². The van der Waals surface area contributed by atoms with E-state index in [9.17, 15) is 4.79 Å². The van der Waals surface area contributed by atoms with Crippen LogP contribution in [-0.4, -0.2) is 55.2 Å². The molecule has 1 aliphatic heterocycles. The molecule has 6 nitrogen and oxygen atoms in total. The summed E-state index contributed by atoms with van der Waals surface area (Å²) in [4.78, 5) is 17.3. The predicted octanol–water partition coefficient (Wildman–Crippen LogP) is 4.64. The molecule has 1 fully saturated rings. The first-order valence-corrected chi connectivity index (χ1v) is 11.5. The third-order valence-corrected chi connectivity index (χ3v) is 6.01. The normalized spacial score (nSPS) is 14.5. The zero-order valence-corrected chi connectivity index (χ0v) is 19.1. The van der Waals surface area contributed by atoms with Gasteiger partial charge in [0.2, 0.25) is 0 Å². The van der Waals surface area contributed by atoms with Gasteiger partial charge < -0.3 is 14.7 Å². The topological polar surface area (TPSA) is 61.6 Å². The fourth-order valence-electron chi connectivity index (χ4n) is 3.97. The van der Waals surface area contributed by atoms with E-state index in [1.54, 1.807) is 18.2 Å². The van der Waals surface area contributed by atoms with Crippen LogP contribution in [0.2, 0.25) is 5.02 Å². The first-order valence-electron chi connectivity index (χ1n) is 11.1. The molecule has 1 N–H and O–H groups in total. The molecule has 0 bridgehead atoms. The highest BCUT2D eigenvalue weighted by atomic mass is 35.5. The quantitative estimate of drug-likeness (QED) is 0.504. The van der Waals surface area contributed by atoms with Crippen molar-refractivity contribution in [1.82, 2.24) is 15.4 Å². The second-order valence-electron chi connectivity index (χ2n) is 8.22. The number of aryl methyl sites for hydroxylation is 1. The number of piperazine rings is 1. The number of unbranched alkanes of at least 4 members (excludes halogenated alkanes) is 1. The lowest BCUT2D eigenvalue weighted by molar-refractivity contribution is 0.0943. The first kappa shape index (κ1) is 22.4. The summed E-state index contributed by atoms with van der Waals surface area (Å²) in [6, 6.07) is 17.6. The standard InChI is InChI=1S/C25H29ClN4O2/c1-19-6-4-9-22(16-19)30-14-12-29(13-15-30)11-3-2-10-27-25(31)23-18-24(32-28-23)20-7-5-8-21(26)17-20/h4-9,16-18H,2-3,10-15H2,1H3,(H,27,31). The monoisotopic (exact) mass is 452 g/mol. The molecule has 0 atom stereocenters. The van der Waals surface area contributed by atoms with E-state index >= 15 is 0 Å². The summed E-state index contributed by atoms with van der Waals surface area (Å²) >= 11 is 6.01. The molecule has 0 aliphatic carbocycles. The molecule has 168 valence electrons. The fourth-order valence-corrected chi connectivity index (χ4v) is 4.16. The lowest BCUT2D eigenvalue weighted by atomic mass is 10.1. The molecule has 0 spiro atoms. The van der Waals surface area contributed by atoms with Crippen LogP contribution in [0, 0.1) is 6.92 Å². The Hall–Kier alpha value is -2.83. The minimum Gasteiger partial charge on any atom is -0.369 e. The third kappa shape index (κ3) is 5.90. The van der Waals surface area contributed by atoms with Crippen molar-refractivity contribution in [3.8, 4) is 11.3 Å². The average Bonchev–Trinajstić information content (AvgIpc) is 3.30. The Balaban J connectivity index is 1.14. The van der Waals surface area contributed by atoms with Gasteiger partial charge in [-0.3, -0.25) is 9.69 Å². The number of aromatic nitrogens is 1. The molecule has 7 heteroatoms. The number of anilines is 1. The Labute approximate surface area is 194 Å². The van der Waals surface area contributed by atoms with Gasteiger partial charge in [-0.1, -0.05) is 41.0 Å². The van der Waals surface area contributed by atoms with Crippen LogP contribution in [0.25, 0.3) is 11.3 Å². The van der Waals surface area contributed by atoms with Crippen LogP contribution in [0.4, 0.5) is 5.69 Å². The molecule has 4 rings (SSSR count). The van der Waals surface area contributed by atoms with Gasteiger partial charge in [0.15, 0.2) is 11.5 Å². The number of benzene rings is 2. The number of carbonyl (C=O) groups excluding carboxylic acids is 1. The smallest absolute Gasteiger partial charge is 0.273 e. The summed E-state index contributed by atoms with van der Waals surface area (Å²) < 4.78 is 5.30. The molecule has 0 unspecified atom stereocenters. The highest BCUT2D eigenvalue weighted by Gasteiger charge is 2.17. The van der Waals surface area contributed by atoms with Crippen LogP contribution < -0.4 is 10.2 Å². The Morgan fingerprint density at radius 2 is 1.88 bits per heavy atom. The van der Waals surface area contributed by atoms with Crippen molar-refractivity contribution in [1.29, 1.82) is 0 Å². The van der Waals surface area contributed by atoms with Gasteiger partial charge in [0.05, 0.1) is 0 Å². The summed E-state index contributed by atoms with van der Waals surface area (Å²) in [5.74, 6) is 0.316. The van der Waals surface area contributed by atoms with Gasteiger partial charge in [-0.05, 0) is 56.1 Å². The number of halogens is 1. The van der Waals surface area contributed by atoms with Crippen molar-refractivity contribution in [2.45, 2.75) is 19.8 Å². The lowest BCUT2D eigenvalue weighted by Crippen LogP contribution is -2.46. The van der Waals surface area contributed by atoms with Crippen molar-refractivity contribution in [3.63, 3.8) is 0 Å². The number of amides is 1. The molecule has 1 aromatic heterocycles. The Morgan fingerprint density at radius 3 is 2.66 bits per heavy atom. The number of nitrogens with one attached hydrogen (secondary N) is 1. The van der Waals surface area contributed by atoms with E-state index in [4.69, 9.17) is 16.1 Å². The van der Waals surface area contributed by atoms with E-state index in [0.29, 0.717) is 17.3 Å². The van der Waals surface area contributed by atoms with Crippen molar-refractivity contribution in [2.75, 3.05) is 44.2 Å². The molecule has 3 aromatic rings. The molecule has 32 heavy (non-hydrogen) atoms. The number of rotatable bonds is 8. The number of nitrogens with zero attached hydrogens (tertiary/aromatic N) is 3. The van der Waals surface area contributed by atoms with E-state index < -0.39 is 0 Å². The van der Waals surface area contributed by atoms with Gasteiger partial charge in [0.1, 0.15) is 0 Å². The fraction of sp³-hybridized carbons (Fsp3) is 0.360. The second-order valence-corrected chi connectivity index (χ2v) is 8.65. The largest absolute Gasteiger partial charge is 0.369 e. The molecule has 1 amide bonds.